The third-order valence-electron chi connectivity index (χ3n) is 3.72. The molecule has 2 aromatic carbocycles. The minimum absolute atomic E-state index is 0.00899. The fourth-order valence-corrected chi connectivity index (χ4v) is 2.36. The first-order valence-electron chi connectivity index (χ1n) is 7.28. The fraction of sp³-hybridized carbons (Fsp3) is 0.294. The molecule has 1 saturated heterocycles. The van der Waals surface area contributed by atoms with Gasteiger partial charge in [-0.3, -0.25) is 10.1 Å². The quantitative estimate of drug-likeness (QED) is 0.445. The first-order chi connectivity index (χ1) is 11.2. The Morgan fingerprint density at radius 3 is 2.43 bits per heavy atom. The van der Waals surface area contributed by atoms with Crippen molar-refractivity contribution in [3.05, 3.63) is 69.8 Å². The van der Waals surface area contributed by atoms with Crippen molar-refractivity contribution in [2.75, 3.05) is 13.7 Å². The number of non-ortho nitro benzene ring substituents is 1. The van der Waals surface area contributed by atoms with E-state index >= 15 is 0 Å². The highest BCUT2D eigenvalue weighted by molar-refractivity contribution is 5.35. The predicted molar refractivity (Wildman–Crippen MR) is 83.4 cm³/mol. The first kappa shape index (κ1) is 15.5. The van der Waals surface area contributed by atoms with Crippen LogP contribution in [0.5, 0.6) is 5.75 Å². The number of epoxide rings is 1. The van der Waals surface area contributed by atoms with Crippen molar-refractivity contribution in [3.8, 4) is 5.75 Å². The van der Waals surface area contributed by atoms with E-state index in [0.29, 0.717) is 13.2 Å². The average molecular weight is 315 g/mol. The van der Waals surface area contributed by atoms with Gasteiger partial charge in [-0.25, -0.2) is 0 Å². The first-order valence-corrected chi connectivity index (χ1v) is 7.28. The molecular weight excluding hydrogens is 298 g/mol. The largest absolute Gasteiger partial charge is 0.497 e. The molecule has 120 valence electrons. The lowest BCUT2D eigenvalue weighted by Crippen LogP contribution is -2.03. The maximum absolute atomic E-state index is 10.6. The van der Waals surface area contributed by atoms with E-state index in [9.17, 15) is 10.1 Å². The summed E-state index contributed by atoms with van der Waals surface area (Å²) >= 11 is 0. The normalized spacial score (nSPS) is 19.3. The molecule has 0 unspecified atom stereocenters. The van der Waals surface area contributed by atoms with Gasteiger partial charge in [0.05, 0.1) is 25.2 Å². The third kappa shape index (κ3) is 3.85. The molecule has 0 N–H and O–H groups in total. The van der Waals surface area contributed by atoms with E-state index in [0.717, 1.165) is 16.9 Å². The second-order valence-corrected chi connectivity index (χ2v) is 5.31. The zero-order valence-corrected chi connectivity index (χ0v) is 12.7. The fourth-order valence-electron chi connectivity index (χ4n) is 2.36. The number of benzene rings is 2. The minimum atomic E-state index is -0.410. The van der Waals surface area contributed by atoms with Crippen LogP contribution in [0.2, 0.25) is 0 Å². The van der Waals surface area contributed by atoms with Crippen molar-refractivity contribution in [2.45, 2.75) is 18.8 Å². The predicted octanol–water partition coefficient (Wildman–Crippen LogP) is 3.26. The Morgan fingerprint density at radius 1 is 1.13 bits per heavy atom. The molecule has 0 spiro atoms. The molecule has 1 aliphatic rings. The summed E-state index contributed by atoms with van der Waals surface area (Å²) in [4.78, 5) is 10.2. The minimum Gasteiger partial charge on any atom is -0.497 e. The van der Waals surface area contributed by atoms with Gasteiger partial charge in [-0.05, 0) is 35.4 Å². The molecular formula is C17H17NO5. The molecule has 0 aliphatic carbocycles. The van der Waals surface area contributed by atoms with Gasteiger partial charge in [0.15, 0.2) is 0 Å². The summed E-state index contributed by atoms with van der Waals surface area (Å²) in [5, 5.41) is 10.6. The molecule has 2 aromatic rings. The summed E-state index contributed by atoms with van der Waals surface area (Å²) in [7, 11) is 1.63. The van der Waals surface area contributed by atoms with E-state index in [-0.39, 0.29) is 17.9 Å². The van der Waals surface area contributed by atoms with Crippen molar-refractivity contribution >= 4 is 5.69 Å². The summed E-state index contributed by atoms with van der Waals surface area (Å²) in [5.41, 5.74) is 2.09. The summed E-state index contributed by atoms with van der Waals surface area (Å²) in [6.45, 7) is 1.00. The topological polar surface area (TPSA) is 74.1 Å². The van der Waals surface area contributed by atoms with Crippen molar-refractivity contribution < 1.29 is 19.1 Å². The molecule has 1 heterocycles. The molecule has 1 fully saturated rings. The van der Waals surface area contributed by atoms with Gasteiger partial charge in [-0.15, -0.1) is 0 Å². The zero-order chi connectivity index (χ0) is 16.2. The van der Waals surface area contributed by atoms with E-state index in [1.54, 1.807) is 19.2 Å². The van der Waals surface area contributed by atoms with Crippen LogP contribution in [0.25, 0.3) is 0 Å². The summed E-state index contributed by atoms with van der Waals surface area (Å²) in [5.74, 6) is 0.817. The van der Waals surface area contributed by atoms with E-state index in [1.165, 1.54) is 12.1 Å². The maximum Gasteiger partial charge on any atom is 0.269 e. The van der Waals surface area contributed by atoms with Crippen LogP contribution in [-0.2, 0) is 16.1 Å². The van der Waals surface area contributed by atoms with Crippen molar-refractivity contribution in [1.29, 1.82) is 0 Å². The molecule has 2 atom stereocenters. The highest BCUT2D eigenvalue weighted by Crippen LogP contribution is 2.39. The Hall–Kier alpha value is -2.44. The number of ether oxygens (including phenoxy) is 3. The molecule has 0 saturated carbocycles. The van der Waals surface area contributed by atoms with Crippen LogP contribution in [0.1, 0.15) is 17.2 Å². The molecule has 0 amide bonds. The van der Waals surface area contributed by atoms with Crippen LogP contribution in [0.15, 0.2) is 48.5 Å². The van der Waals surface area contributed by atoms with E-state index in [4.69, 9.17) is 14.2 Å². The number of methoxy groups -OCH3 is 1. The Morgan fingerprint density at radius 2 is 1.83 bits per heavy atom. The molecule has 0 aromatic heterocycles. The molecule has 0 radical (unpaired) electrons. The highest BCUT2D eigenvalue weighted by Gasteiger charge is 2.40. The van der Waals surface area contributed by atoms with Crippen LogP contribution in [0, 0.1) is 10.1 Å². The number of rotatable bonds is 7. The molecule has 6 nitrogen and oxygen atoms in total. The smallest absolute Gasteiger partial charge is 0.269 e. The van der Waals surface area contributed by atoms with E-state index < -0.39 is 4.92 Å². The molecule has 3 rings (SSSR count). The van der Waals surface area contributed by atoms with Gasteiger partial charge < -0.3 is 14.2 Å². The number of nitro benzene ring substituents is 1. The van der Waals surface area contributed by atoms with E-state index in [2.05, 4.69) is 0 Å². The van der Waals surface area contributed by atoms with Crippen molar-refractivity contribution in [2.24, 2.45) is 0 Å². The lowest BCUT2D eigenvalue weighted by molar-refractivity contribution is -0.384. The van der Waals surface area contributed by atoms with Gasteiger partial charge in [0.25, 0.3) is 5.69 Å². The van der Waals surface area contributed by atoms with Crippen LogP contribution >= 0.6 is 0 Å². The SMILES string of the molecule is COc1ccc(COC[C@@H]2O[C@H]2c2ccc([N+](=O)[O-])cc2)cc1. The van der Waals surface area contributed by atoms with Gasteiger partial charge in [0.2, 0.25) is 0 Å². The lowest BCUT2D eigenvalue weighted by atomic mass is 10.1. The van der Waals surface area contributed by atoms with Gasteiger partial charge in [-0.1, -0.05) is 12.1 Å². The standard InChI is InChI=1S/C17H17NO5/c1-21-15-8-2-12(3-9-15)10-22-11-16-17(23-16)13-4-6-14(7-5-13)18(19)20/h2-9,16-17H,10-11H2,1H3/t16-,17-/m0/s1. The lowest BCUT2D eigenvalue weighted by Gasteiger charge is -2.04. The zero-order valence-electron chi connectivity index (χ0n) is 12.7. The van der Waals surface area contributed by atoms with Crippen molar-refractivity contribution in [3.63, 3.8) is 0 Å². The van der Waals surface area contributed by atoms with Crippen LogP contribution in [0.3, 0.4) is 0 Å². The Kier molecular flexibility index (Phi) is 4.55. The molecule has 1 aliphatic heterocycles. The van der Waals surface area contributed by atoms with Crippen molar-refractivity contribution in [1.82, 2.24) is 0 Å². The molecule has 0 bridgehead atoms. The Balaban J connectivity index is 1.45. The van der Waals surface area contributed by atoms with Crippen LogP contribution in [0.4, 0.5) is 5.69 Å². The summed E-state index contributed by atoms with van der Waals surface area (Å²) in [6, 6.07) is 14.1. The second-order valence-electron chi connectivity index (χ2n) is 5.31. The van der Waals surface area contributed by atoms with Crippen LogP contribution < -0.4 is 4.74 Å². The number of hydrogen-bond acceptors (Lipinski definition) is 5. The summed E-state index contributed by atoms with van der Waals surface area (Å²) in [6.07, 6.45) is -0.0265. The number of hydrogen-bond donors (Lipinski definition) is 0. The number of nitrogens with zero attached hydrogens (tertiary/aromatic N) is 1. The Bertz CT molecular complexity index is 668. The van der Waals surface area contributed by atoms with Gasteiger partial charge in [0, 0.05) is 12.1 Å². The molecule has 6 heteroatoms. The Labute approximate surface area is 133 Å². The monoisotopic (exact) mass is 315 g/mol. The summed E-state index contributed by atoms with van der Waals surface area (Å²) < 4.78 is 16.3. The number of nitro groups is 1. The maximum atomic E-state index is 10.6. The van der Waals surface area contributed by atoms with Gasteiger partial charge in [-0.2, -0.15) is 0 Å². The van der Waals surface area contributed by atoms with Gasteiger partial charge >= 0.3 is 0 Å². The third-order valence-corrected chi connectivity index (χ3v) is 3.72. The molecule has 23 heavy (non-hydrogen) atoms. The van der Waals surface area contributed by atoms with E-state index in [1.807, 2.05) is 24.3 Å². The second kappa shape index (κ2) is 6.76. The highest BCUT2D eigenvalue weighted by atomic mass is 16.6. The van der Waals surface area contributed by atoms with Crippen LogP contribution in [-0.4, -0.2) is 24.7 Å². The van der Waals surface area contributed by atoms with Gasteiger partial charge in [0.1, 0.15) is 18.0 Å². The average Bonchev–Trinajstić information content (AvgIpc) is 3.35.